The van der Waals surface area contributed by atoms with Crippen molar-refractivity contribution in [2.45, 2.75) is 58.6 Å². The van der Waals surface area contributed by atoms with Gasteiger partial charge in [-0.3, -0.25) is 4.79 Å². The molecule has 1 fully saturated rings. The summed E-state index contributed by atoms with van der Waals surface area (Å²) in [4.78, 5) is 24.1. The molecule has 1 aliphatic heterocycles. The lowest BCUT2D eigenvalue weighted by molar-refractivity contribution is -0.158. The van der Waals surface area contributed by atoms with Crippen LogP contribution in [0.3, 0.4) is 0 Å². The Balaban J connectivity index is 2.84. The third kappa shape index (κ3) is 4.08. The molecule has 4 nitrogen and oxygen atoms in total. The molecule has 1 rings (SSSR count). The van der Waals surface area contributed by atoms with Crippen molar-refractivity contribution in [1.29, 1.82) is 0 Å². The van der Waals surface area contributed by atoms with Gasteiger partial charge < -0.3 is 10.1 Å². The number of nitrogens with one attached hydrogen (secondary N) is 1. The average molecular weight is 267 g/mol. The first-order valence-electron chi connectivity index (χ1n) is 6.94. The predicted octanol–water partition coefficient (Wildman–Crippen LogP) is 2.44. The molecule has 3 atom stereocenters. The lowest BCUT2D eigenvalue weighted by Crippen LogP contribution is -2.41. The fraction of sp³-hybridized carbons (Fsp3) is 0.733. The molecule has 0 aromatic carbocycles. The number of carbonyl (C=O) groups is 2. The fourth-order valence-corrected chi connectivity index (χ4v) is 2.56. The maximum atomic E-state index is 12.2. The zero-order chi connectivity index (χ0) is 14.6. The van der Waals surface area contributed by atoms with Gasteiger partial charge in [0.1, 0.15) is 11.6 Å². The normalized spacial score (nSPS) is 26.9. The van der Waals surface area contributed by atoms with Crippen molar-refractivity contribution in [3.05, 3.63) is 12.7 Å². The molecule has 19 heavy (non-hydrogen) atoms. The van der Waals surface area contributed by atoms with Gasteiger partial charge >= 0.3 is 5.97 Å². The van der Waals surface area contributed by atoms with Crippen molar-refractivity contribution >= 4 is 11.9 Å². The van der Waals surface area contributed by atoms with E-state index >= 15 is 0 Å². The van der Waals surface area contributed by atoms with E-state index < -0.39 is 11.6 Å². The molecule has 0 bridgehead atoms. The van der Waals surface area contributed by atoms with Crippen LogP contribution in [0.4, 0.5) is 0 Å². The standard InChI is InChI=1S/C15H25NO3/c1-6-8-10-11(9-7-2)13(17)16-12(10)14(18)19-15(3,4)5/h7,10-12H,2,6,8-9H2,1,3-5H3,(H,16,17)/t10-,11+,12-/m0/s1. The first kappa shape index (κ1) is 15.7. The molecule has 0 aromatic rings. The van der Waals surface area contributed by atoms with E-state index in [2.05, 4.69) is 18.8 Å². The van der Waals surface area contributed by atoms with Crippen LogP contribution in [0, 0.1) is 11.8 Å². The summed E-state index contributed by atoms with van der Waals surface area (Å²) in [5, 5.41) is 2.78. The first-order chi connectivity index (χ1) is 8.80. The summed E-state index contributed by atoms with van der Waals surface area (Å²) in [6, 6.07) is -0.517. The minimum Gasteiger partial charge on any atom is -0.458 e. The smallest absolute Gasteiger partial charge is 0.329 e. The molecule has 0 aliphatic carbocycles. The molecule has 0 spiro atoms. The number of rotatable bonds is 5. The Morgan fingerprint density at radius 2 is 2.11 bits per heavy atom. The lowest BCUT2D eigenvalue weighted by Gasteiger charge is -2.25. The summed E-state index contributed by atoms with van der Waals surface area (Å²) in [6.07, 6.45) is 4.12. The van der Waals surface area contributed by atoms with Crippen LogP contribution in [0.25, 0.3) is 0 Å². The maximum absolute atomic E-state index is 12.2. The number of hydrogen-bond acceptors (Lipinski definition) is 3. The van der Waals surface area contributed by atoms with Crippen molar-refractivity contribution in [3.63, 3.8) is 0 Å². The Hall–Kier alpha value is -1.32. The Kier molecular flexibility index (Phi) is 5.15. The van der Waals surface area contributed by atoms with Gasteiger partial charge in [0.15, 0.2) is 0 Å². The highest BCUT2D eigenvalue weighted by Crippen LogP contribution is 2.32. The molecule has 1 aliphatic rings. The molecule has 1 saturated heterocycles. The number of esters is 1. The molecule has 0 unspecified atom stereocenters. The third-order valence-electron chi connectivity index (χ3n) is 3.28. The van der Waals surface area contributed by atoms with Gasteiger partial charge in [-0.15, -0.1) is 6.58 Å². The second-order valence-corrected chi connectivity index (χ2v) is 6.10. The van der Waals surface area contributed by atoms with E-state index in [9.17, 15) is 9.59 Å². The summed E-state index contributed by atoms with van der Waals surface area (Å²) < 4.78 is 5.39. The summed E-state index contributed by atoms with van der Waals surface area (Å²) in [5.41, 5.74) is -0.533. The predicted molar refractivity (Wildman–Crippen MR) is 74.5 cm³/mol. The second-order valence-electron chi connectivity index (χ2n) is 6.10. The van der Waals surface area contributed by atoms with Gasteiger partial charge in [0.05, 0.1) is 0 Å². The van der Waals surface area contributed by atoms with E-state index in [1.807, 2.05) is 20.8 Å². The van der Waals surface area contributed by atoms with Gasteiger partial charge in [0.25, 0.3) is 0 Å². The number of allylic oxidation sites excluding steroid dienone is 1. The van der Waals surface area contributed by atoms with E-state index in [4.69, 9.17) is 4.74 Å². The third-order valence-corrected chi connectivity index (χ3v) is 3.28. The highest BCUT2D eigenvalue weighted by Gasteiger charge is 2.45. The highest BCUT2D eigenvalue weighted by atomic mass is 16.6. The van der Waals surface area contributed by atoms with Gasteiger partial charge in [-0.1, -0.05) is 19.4 Å². The molecule has 1 amide bonds. The number of hydrogen-bond donors (Lipinski definition) is 1. The minimum atomic E-state index is -0.533. The monoisotopic (exact) mass is 267 g/mol. The maximum Gasteiger partial charge on any atom is 0.329 e. The Morgan fingerprint density at radius 1 is 1.47 bits per heavy atom. The van der Waals surface area contributed by atoms with Gasteiger partial charge in [-0.2, -0.15) is 0 Å². The molecular formula is C15H25NO3. The zero-order valence-electron chi connectivity index (χ0n) is 12.4. The lowest BCUT2D eigenvalue weighted by atomic mass is 9.84. The fourth-order valence-electron chi connectivity index (χ4n) is 2.56. The minimum absolute atomic E-state index is 0.00495. The van der Waals surface area contributed by atoms with Crippen LogP contribution in [0.15, 0.2) is 12.7 Å². The zero-order valence-corrected chi connectivity index (χ0v) is 12.4. The molecular weight excluding hydrogens is 242 g/mol. The molecule has 1 heterocycles. The second kappa shape index (κ2) is 6.22. The van der Waals surface area contributed by atoms with Crippen LogP contribution < -0.4 is 5.32 Å². The van der Waals surface area contributed by atoms with E-state index in [0.29, 0.717) is 6.42 Å². The van der Waals surface area contributed by atoms with Crippen molar-refractivity contribution in [1.82, 2.24) is 5.32 Å². The Bertz CT molecular complexity index is 357. The van der Waals surface area contributed by atoms with E-state index in [0.717, 1.165) is 12.8 Å². The van der Waals surface area contributed by atoms with Gasteiger partial charge in [0.2, 0.25) is 5.91 Å². The SMILES string of the molecule is C=CC[C@H]1C(=O)N[C@H](C(=O)OC(C)(C)C)[C@H]1CCC. The van der Waals surface area contributed by atoms with Crippen molar-refractivity contribution in [2.24, 2.45) is 11.8 Å². The number of amides is 1. The van der Waals surface area contributed by atoms with Crippen LogP contribution in [0.5, 0.6) is 0 Å². The quantitative estimate of drug-likeness (QED) is 0.615. The molecule has 0 saturated carbocycles. The van der Waals surface area contributed by atoms with Crippen LogP contribution in [-0.2, 0) is 14.3 Å². The summed E-state index contributed by atoms with van der Waals surface area (Å²) >= 11 is 0. The van der Waals surface area contributed by atoms with E-state index in [-0.39, 0.29) is 23.7 Å². The van der Waals surface area contributed by atoms with E-state index in [1.165, 1.54) is 0 Å². The summed E-state index contributed by atoms with van der Waals surface area (Å²) in [5.74, 6) is -0.541. The number of carbonyl (C=O) groups excluding carboxylic acids is 2. The van der Waals surface area contributed by atoms with Crippen LogP contribution in [0.2, 0.25) is 0 Å². The van der Waals surface area contributed by atoms with Crippen molar-refractivity contribution in [3.8, 4) is 0 Å². The molecule has 4 heteroatoms. The van der Waals surface area contributed by atoms with E-state index in [1.54, 1.807) is 6.08 Å². The summed E-state index contributed by atoms with van der Waals surface area (Å²) in [7, 11) is 0. The molecule has 0 aromatic heterocycles. The highest BCUT2D eigenvalue weighted by molar-refractivity contribution is 5.90. The van der Waals surface area contributed by atoms with Crippen molar-refractivity contribution in [2.75, 3.05) is 0 Å². The molecule has 108 valence electrons. The van der Waals surface area contributed by atoms with Gasteiger partial charge in [0, 0.05) is 11.8 Å². The molecule has 1 N–H and O–H groups in total. The average Bonchev–Trinajstić information content (AvgIpc) is 2.56. The largest absolute Gasteiger partial charge is 0.458 e. The van der Waals surface area contributed by atoms with Crippen molar-refractivity contribution < 1.29 is 14.3 Å². The molecule has 0 radical (unpaired) electrons. The van der Waals surface area contributed by atoms with Crippen LogP contribution in [-0.4, -0.2) is 23.5 Å². The van der Waals surface area contributed by atoms with Gasteiger partial charge in [-0.05, 0) is 33.6 Å². The Morgan fingerprint density at radius 3 is 2.58 bits per heavy atom. The summed E-state index contributed by atoms with van der Waals surface area (Å²) in [6.45, 7) is 11.2. The first-order valence-corrected chi connectivity index (χ1v) is 6.94. The number of ether oxygens (including phenoxy) is 1. The van der Waals surface area contributed by atoms with Gasteiger partial charge in [-0.25, -0.2) is 4.79 Å². The van der Waals surface area contributed by atoms with Crippen LogP contribution >= 0.6 is 0 Å². The topological polar surface area (TPSA) is 55.4 Å². The Labute approximate surface area is 115 Å². The van der Waals surface area contributed by atoms with Crippen LogP contribution in [0.1, 0.15) is 47.0 Å².